The van der Waals surface area contributed by atoms with Crippen molar-refractivity contribution >= 4 is 11.9 Å². The first-order chi connectivity index (χ1) is 35.6. The minimum Gasteiger partial charge on any atom is -0.462 e. The van der Waals surface area contributed by atoms with Crippen LogP contribution in [0.4, 0.5) is 0 Å². The number of allylic oxidation sites excluding steroid dienone is 20. The molecule has 0 aliphatic heterocycles. The first-order valence-electron chi connectivity index (χ1n) is 30.1. The van der Waals surface area contributed by atoms with Gasteiger partial charge in [-0.3, -0.25) is 9.59 Å². The predicted octanol–water partition coefficient (Wildman–Crippen LogP) is 20.9. The summed E-state index contributed by atoms with van der Waals surface area (Å²) in [5.41, 5.74) is 0. The fourth-order valence-corrected chi connectivity index (χ4v) is 8.05. The summed E-state index contributed by atoms with van der Waals surface area (Å²) < 4.78 is 17.5. The highest BCUT2D eigenvalue weighted by atomic mass is 16.6. The number of hydrogen-bond donors (Lipinski definition) is 0. The zero-order valence-electron chi connectivity index (χ0n) is 47.2. The Kier molecular flexibility index (Phi) is 58.4. The summed E-state index contributed by atoms with van der Waals surface area (Å²) in [6, 6.07) is 0. The number of ether oxygens (including phenoxy) is 3. The SMILES string of the molecule is CC/C=C\C/C=C\C/C=C\C/C=C\C/C=C\CCCCOCC(COC(=O)CCCCCCCC/C=C\C/C=C\C/C=C\C/C=C\CC)OC(=O)CCCCCCCCCCC/C=C\CCCCCCCC. The van der Waals surface area contributed by atoms with Crippen LogP contribution in [0.1, 0.15) is 265 Å². The molecule has 0 aliphatic carbocycles. The van der Waals surface area contributed by atoms with Crippen molar-refractivity contribution in [3.63, 3.8) is 0 Å². The Morgan fingerprint density at radius 3 is 1.01 bits per heavy atom. The maximum Gasteiger partial charge on any atom is 0.306 e. The van der Waals surface area contributed by atoms with Gasteiger partial charge >= 0.3 is 11.9 Å². The zero-order valence-corrected chi connectivity index (χ0v) is 47.2. The van der Waals surface area contributed by atoms with Crippen LogP contribution in [0.2, 0.25) is 0 Å². The lowest BCUT2D eigenvalue weighted by atomic mass is 10.1. The van der Waals surface area contributed by atoms with Crippen LogP contribution in [0.25, 0.3) is 0 Å². The van der Waals surface area contributed by atoms with Crippen LogP contribution in [-0.4, -0.2) is 37.9 Å². The molecule has 1 unspecified atom stereocenters. The first kappa shape index (κ1) is 68.3. The van der Waals surface area contributed by atoms with Crippen molar-refractivity contribution in [1.29, 1.82) is 0 Å². The molecule has 410 valence electrons. The smallest absolute Gasteiger partial charge is 0.306 e. The standard InChI is InChI=1S/C67H112O5/c1-4-7-10-13-16-19-22-25-28-31-34-36-39-42-45-48-51-54-57-60-66(68)71-64-65(63-70-62-59-56-53-50-47-44-41-38-33-30-27-24-21-18-15-12-9-6-3)72-67(69)61-58-55-52-49-46-43-40-37-35-32-29-26-23-20-17-14-11-8-5-2/h7,9-10,12,16,18-19,21,25-30,34,36,38,41,47,50,65H,4-6,8,11,13-15,17,20,22-24,31-33,35,37,39-40,42-46,48-49,51-64H2,1-3H3/b10-7-,12-9-,19-16-,21-18-,28-25-,29-26-,30-27-,36-34-,41-38-,50-47-. The number of carbonyl (C=O) groups is 2. The second-order valence-electron chi connectivity index (χ2n) is 19.5. The number of esters is 2. The molecular weight excluding hydrogens is 885 g/mol. The first-order valence-corrected chi connectivity index (χ1v) is 30.1. The molecule has 0 saturated heterocycles. The Hall–Kier alpha value is -3.70. The van der Waals surface area contributed by atoms with Gasteiger partial charge in [0.1, 0.15) is 6.61 Å². The minimum atomic E-state index is -0.576. The fraction of sp³-hybridized carbons (Fsp3) is 0.672. The Morgan fingerprint density at radius 2 is 0.625 bits per heavy atom. The van der Waals surface area contributed by atoms with E-state index in [1.807, 2.05) is 0 Å². The van der Waals surface area contributed by atoms with Crippen molar-refractivity contribution in [3.05, 3.63) is 122 Å². The van der Waals surface area contributed by atoms with Gasteiger partial charge in [-0.15, -0.1) is 0 Å². The highest BCUT2D eigenvalue weighted by Gasteiger charge is 2.17. The van der Waals surface area contributed by atoms with Gasteiger partial charge < -0.3 is 14.2 Å². The van der Waals surface area contributed by atoms with E-state index in [1.165, 1.54) is 109 Å². The summed E-state index contributed by atoms with van der Waals surface area (Å²) in [5.74, 6) is -0.441. The average Bonchev–Trinajstić information content (AvgIpc) is 3.38. The van der Waals surface area contributed by atoms with Crippen LogP contribution in [0.3, 0.4) is 0 Å². The van der Waals surface area contributed by atoms with Crippen LogP contribution in [0.15, 0.2) is 122 Å². The maximum absolute atomic E-state index is 12.9. The maximum atomic E-state index is 12.9. The van der Waals surface area contributed by atoms with E-state index in [4.69, 9.17) is 14.2 Å². The van der Waals surface area contributed by atoms with Gasteiger partial charge in [0.2, 0.25) is 0 Å². The number of hydrogen-bond acceptors (Lipinski definition) is 5. The van der Waals surface area contributed by atoms with Gasteiger partial charge in [-0.1, -0.05) is 245 Å². The molecule has 0 heterocycles. The van der Waals surface area contributed by atoms with Gasteiger partial charge in [-0.25, -0.2) is 0 Å². The van der Waals surface area contributed by atoms with Gasteiger partial charge in [0.05, 0.1) is 6.61 Å². The lowest BCUT2D eigenvalue weighted by molar-refractivity contribution is -0.163. The average molecular weight is 998 g/mol. The molecule has 0 aromatic carbocycles. The topological polar surface area (TPSA) is 61.8 Å². The molecule has 0 radical (unpaired) electrons. The van der Waals surface area contributed by atoms with Crippen molar-refractivity contribution in [2.75, 3.05) is 19.8 Å². The van der Waals surface area contributed by atoms with E-state index in [0.717, 1.165) is 122 Å². The van der Waals surface area contributed by atoms with Crippen molar-refractivity contribution in [1.82, 2.24) is 0 Å². The quantitative estimate of drug-likeness (QED) is 0.0345. The zero-order chi connectivity index (χ0) is 52.0. The molecule has 0 fully saturated rings. The van der Waals surface area contributed by atoms with Crippen LogP contribution >= 0.6 is 0 Å². The highest BCUT2D eigenvalue weighted by molar-refractivity contribution is 5.70. The van der Waals surface area contributed by atoms with Crippen molar-refractivity contribution < 1.29 is 23.8 Å². The van der Waals surface area contributed by atoms with E-state index < -0.39 is 6.10 Å². The summed E-state index contributed by atoms with van der Waals surface area (Å²) >= 11 is 0. The third-order valence-corrected chi connectivity index (χ3v) is 12.5. The largest absolute Gasteiger partial charge is 0.462 e. The molecule has 0 amide bonds. The minimum absolute atomic E-state index is 0.0530. The van der Waals surface area contributed by atoms with Crippen molar-refractivity contribution in [2.24, 2.45) is 0 Å². The normalized spacial score (nSPS) is 13.1. The summed E-state index contributed by atoms with van der Waals surface area (Å²) in [6.45, 7) is 7.49. The summed E-state index contributed by atoms with van der Waals surface area (Å²) in [7, 11) is 0. The Morgan fingerprint density at radius 1 is 0.319 bits per heavy atom. The van der Waals surface area contributed by atoms with Crippen LogP contribution in [-0.2, 0) is 23.8 Å². The molecule has 0 aliphatic rings. The second kappa shape index (κ2) is 61.6. The van der Waals surface area contributed by atoms with Gasteiger partial charge in [0.15, 0.2) is 6.10 Å². The molecule has 5 heteroatoms. The monoisotopic (exact) mass is 997 g/mol. The van der Waals surface area contributed by atoms with E-state index in [-0.39, 0.29) is 25.2 Å². The van der Waals surface area contributed by atoms with Gasteiger partial charge in [-0.05, 0) is 128 Å². The molecule has 72 heavy (non-hydrogen) atoms. The molecule has 5 nitrogen and oxygen atoms in total. The summed E-state index contributed by atoms with van der Waals surface area (Å²) in [5, 5.41) is 0. The second-order valence-corrected chi connectivity index (χ2v) is 19.5. The molecule has 0 bridgehead atoms. The van der Waals surface area contributed by atoms with Crippen LogP contribution in [0.5, 0.6) is 0 Å². The summed E-state index contributed by atoms with van der Waals surface area (Å²) in [4.78, 5) is 25.6. The van der Waals surface area contributed by atoms with E-state index in [0.29, 0.717) is 19.4 Å². The van der Waals surface area contributed by atoms with Crippen molar-refractivity contribution in [3.8, 4) is 0 Å². The highest BCUT2D eigenvalue weighted by Crippen LogP contribution is 2.15. The molecule has 0 aromatic heterocycles. The predicted molar refractivity (Wildman–Crippen MR) is 316 cm³/mol. The molecule has 0 rings (SSSR count). The van der Waals surface area contributed by atoms with Crippen molar-refractivity contribution in [2.45, 2.75) is 271 Å². The molecule has 1 atom stereocenters. The van der Waals surface area contributed by atoms with E-state index in [9.17, 15) is 9.59 Å². The lowest BCUT2D eigenvalue weighted by Crippen LogP contribution is -2.30. The number of carbonyl (C=O) groups excluding carboxylic acids is 2. The molecule has 0 aromatic rings. The number of rotatable bonds is 54. The van der Waals surface area contributed by atoms with E-state index >= 15 is 0 Å². The Labute approximate surface area is 446 Å². The fourth-order valence-electron chi connectivity index (χ4n) is 8.05. The van der Waals surface area contributed by atoms with E-state index in [1.54, 1.807) is 0 Å². The third kappa shape index (κ3) is 58.9. The molecule has 0 saturated carbocycles. The van der Waals surface area contributed by atoms with Gasteiger partial charge in [0.25, 0.3) is 0 Å². The van der Waals surface area contributed by atoms with E-state index in [2.05, 4.69) is 142 Å². The third-order valence-electron chi connectivity index (χ3n) is 12.5. The number of unbranched alkanes of at least 4 members (excludes halogenated alkanes) is 23. The molecule has 0 spiro atoms. The molecule has 0 N–H and O–H groups in total. The Balaban J connectivity index is 4.40. The van der Waals surface area contributed by atoms with Gasteiger partial charge in [0, 0.05) is 19.4 Å². The Bertz CT molecular complexity index is 1450. The summed E-state index contributed by atoms with van der Waals surface area (Å²) in [6.07, 6.45) is 86.6. The van der Waals surface area contributed by atoms with Crippen LogP contribution in [0, 0.1) is 0 Å². The van der Waals surface area contributed by atoms with Crippen LogP contribution < -0.4 is 0 Å². The van der Waals surface area contributed by atoms with Gasteiger partial charge in [-0.2, -0.15) is 0 Å². The molecular formula is C67H112O5. The lowest BCUT2D eigenvalue weighted by Gasteiger charge is -2.18.